The Morgan fingerprint density at radius 3 is 2.10 bits per heavy atom. The fraction of sp³-hybridized carbons (Fsp3) is 0.500. The van der Waals surface area contributed by atoms with Crippen LogP contribution in [0, 0.1) is 27.2 Å². The minimum atomic E-state index is -1.36. The van der Waals surface area contributed by atoms with Gasteiger partial charge in [-0.25, -0.2) is 18.1 Å². The molecule has 1 saturated carbocycles. The predicted molar refractivity (Wildman–Crippen MR) is 102 cm³/mol. The molecule has 20 heavy (non-hydrogen) atoms. The Morgan fingerprint density at radius 2 is 1.70 bits per heavy atom. The zero-order chi connectivity index (χ0) is 12.6. The van der Waals surface area contributed by atoms with E-state index in [1.54, 1.807) is 5.57 Å². The van der Waals surface area contributed by atoms with Crippen molar-refractivity contribution in [2.75, 3.05) is 0 Å². The van der Waals surface area contributed by atoms with Crippen molar-refractivity contribution in [1.29, 1.82) is 0 Å². The van der Waals surface area contributed by atoms with Gasteiger partial charge in [-0.3, -0.25) is 0 Å². The summed E-state index contributed by atoms with van der Waals surface area (Å²) in [4.78, 5) is 0. The number of fused-ring (bicyclic) bond motifs is 1. The van der Waals surface area contributed by atoms with Gasteiger partial charge in [0.05, 0.1) is 0 Å². The molecule has 1 nitrogen and oxygen atoms in total. The molecule has 122 valence electrons. The molecule has 2 rings (SSSR count). The molecule has 0 aliphatic heterocycles. The summed E-state index contributed by atoms with van der Waals surface area (Å²) in [5.74, 6) is 0.884. The van der Waals surface area contributed by atoms with Crippen LogP contribution in [-0.2, 0) is 19.2 Å². The normalized spacial score (nSPS) is 17.1. The maximum absolute atomic E-state index is 7.08. The van der Waals surface area contributed by atoms with Crippen molar-refractivity contribution >= 4 is 40.7 Å². The predicted octanol–water partition coefficient (Wildman–Crippen LogP) is 5.19. The summed E-state index contributed by atoms with van der Waals surface area (Å²) >= 11 is 2.03. The molecule has 0 aromatic carbocycles. The summed E-state index contributed by atoms with van der Waals surface area (Å²) in [6.07, 6.45) is 13.0. The Balaban J connectivity index is -0.0000000616. The van der Waals surface area contributed by atoms with Crippen molar-refractivity contribution in [3.8, 4) is 0 Å². The second-order valence-electron chi connectivity index (χ2n) is 5.06. The Hall–Kier alpha value is 1.04. The van der Waals surface area contributed by atoms with E-state index in [0.29, 0.717) is 0 Å². The molecule has 0 spiro atoms. The average Bonchev–Trinajstić information content (AvgIpc) is 2.66. The van der Waals surface area contributed by atoms with E-state index in [0.717, 1.165) is 5.92 Å². The molecule has 0 bridgehead atoms. The van der Waals surface area contributed by atoms with Crippen LogP contribution >= 0.6 is 24.8 Å². The second kappa shape index (κ2) is 18.1. The summed E-state index contributed by atoms with van der Waals surface area (Å²) in [5.41, 5.74) is 1.58. The minimum absolute atomic E-state index is 0. The fourth-order valence-corrected chi connectivity index (χ4v) is 1.66. The third kappa shape index (κ3) is 19.0. The molecule has 2 aliphatic carbocycles. The molecule has 1 unspecified atom stereocenters. The first kappa shape index (κ1) is 32.8. The van der Waals surface area contributed by atoms with Crippen molar-refractivity contribution < 1.29 is 19.2 Å². The first-order valence-electron chi connectivity index (χ1n) is 5.77. The third-order valence-corrected chi connectivity index (χ3v) is 2.21. The summed E-state index contributed by atoms with van der Waals surface area (Å²) in [7, 11) is 0.500. The van der Waals surface area contributed by atoms with E-state index in [1.807, 2.05) is 46.4 Å². The monoisotopic (exact) mass is 387 g/mol. The van der Waals surface area contributed by atoms with Gasteiger partial charge in [0.15, 0.2) is 0 Å². The van der Waals surface area contributed by atoms with E-state index < -0.39 is 8.24 Å². The maximum atomic E-state index is 7.08. The van der Waals surface area contributed by atoms with E-state index in [2.05, 4.69) is 24.6 Å². The summed E-state index contributed by atoms with van der Waals surface area (Å²) in [6.45, 7) is 5.98. The van der Waals surface area contributed by atoms with Crippen LogP contribution in [0.15, 0.2) is 23.8 Å². The van der Waals surface area contributed by atoms with Crippen LogP contribution in [-0.4, -0.2) is 15.9 Å². The van der Waals surface area contributed by atoms with Gasteiger partial charge in [-0.2, -0.15) is 0 Å². The van der Waals surface area contributed by atoms with Crippen LogP contribution in [0.4, 0.5) is 0 Å². The molecule has 0 amide bonds. The van der Waals surface area contributed by atoms with Crippen molar-refractivity contribution in [2.24, 2.45) is 5.92 Å². The van der Waals surface area contributed by atoms with Crippen LogP contribution in [0.1, 0.15) is 19.3 Å². The van der Waals surface area contributed by atoms with Gasteiger partial charge in [0.2, 0.25) is 0 Å². The molecule has 0 heterocycles. The quantitative estimate of drug-likeness (QED) is 0.403. The number of hydrogen-bond donors (Lipinski definition) is 0. The van der Waals surface area contributed by atoms with Gasteiger partial charge in [0.1, 0.15) is 0 Å². The van der Waals surface area contributed by atoms with Gasteiger partial charge in [-0.15, -0.1) is 43.4 Å². The van der Waals surface area contributed by atoms with E-state index in [9.17, 15) is 0 Å². The van der Waals surface area contributed by atoms with Crippen LogP contribution in [0.3, 0.4) is 0 Å². The number of halogens is 2. The molecule has 0 aromatic heterocycles. The standard InChI is InChI=1S/C9H11.C3H10NSi.2CH3.2ClH.H2Si.Ti/c1-2-5-9-7-3-6-8(9)4-1;1-5(2,3)4;;;;;;/h1-2,4,6,9H,3,5,7H2;4H,1-3H3;2*1H3;2*1H;1H2;/q4*-1;;;;. The molecule has 1 atom stereocenters. The van der Waals surface area contributed by atoms with E-state index >= 15 is 0 Å². The fourth-order valence-electron chi connectivity index (χ4n) is 1.66. The van der Waals surface area contributed by atoms with Crippen LogP contribution < -0.4 is 0 Å². The Morgan fingerprint density at radius 1 is 1.25 bits per heavy atom. The van der Waals surface area contributed by atoms with Crippen LogP contribution in [0.25, 0.3) is 5.40 Å². The summed E-state index contributed by atoms with van der Waals surface area (Å²) < 4.78 is 0. The van der Waals surface area contributed by atoms with Gasteiger partial charge in [-0.1, -0.05) is 34.3 Å². The number of allylic oxidation sites excluding steroid dienone is 4. The zero-order valence-electron chi connectivity index (χ0n) is 13.5. The summed E-state index contributed by atoms with van der Waals surface area (Å²) in [6, 6.07) is 0. The topological polar surface area (TPSA) is 23.8 Å². The first-order chi connectivity index (χ1) is 7.47. The average molecular weight is 388 g/mol. The van der Waals surface area contributed by atoms with Gasteiger partial charge < -0.3 is 20.3 Å². The van der Waals surface area contributed by atoms with Gasteiger partial charge in [0.25, 0.3) is 0 Å². The molecular weight excluding hydrogens is 357 g/mol. The Bertz CT molecular complexity index is 260. The van der Waals surface area contributed by atoms with Crippen molar-refractivity contribution in [3.05, 3.63) is 50.5 Å². The van der Waals surface area contributed by atoms with Crippen LogP contribution in [0.5, 0.6) is 0 Å². The first-order valence-corrected chi connectivity index (χ1v) is 13.3. The van der Waals surface area contributed by atoms with Gasteiger partial charge >= 0.3 is 26.8 Å². The summed E-state index contributed by atoms with van der Waals surface area (Å²) in [5, 5.41) is 7.08. The van der Waals surface area contributed by atoms with Gasteiger partial charge in [-0.05, 0) is 12.3 Å². The van der Waals surface area contributed by atoms with Crippen molar-refractivity contribution in [3.63, 3.8) is 0 Å². The Labute approximate surface area is 154 Å². The van der Waals surface area contributed by atoms with E-state index in [-0.39, 0.29) is 39.7 Å². The van der Waals surface area contributed by atoms with Crippen molar-refractivity contribution in [2.45, 2.75) is 38.9 Å². The number of hydrogen-bond acceptors (Lipinski definition) is 0. The molecule has 1 fully saturated rings. The Kier molecular flexibility index (Phi) is 29.7. The van der Waals surface area contributed by atoms with Crippen molar-refractivity contribution in [1.82, 2.24) is 0 Å². The SMILES string of the molecule is C1=CCC2CC[CH-]C2=C1.C[Si](C)(C)[NH-].Cl.Cl.[CH3-].[CH3-].[SiH2]=[Ti]. The zero-order valence-corrected chi connectivity index (χ0v) is 19.1. The second-order valence-corrected chi connectivity index (χ2v) is 9.56. The van der Waals surface area contributed by atoms with E-state index in [1.165, 1.54) is 19.3 Å². The molecule has 1 N–H and O–H groups in total. The molecule has 0 radical (unpaired) electrons. The van der Waals surface area contributed by atoms with Gasteiger partial charge in [0, 0.05) is 0 Å². The van der Waals surface area contributed by atoms with E-state index in [4.69, 9.17) is 5.40 Å². The third-order valence-electron chi connectivity index (χ3n) is 2.21. The van der Waals surface area contributed by atoms with Crippen LogP contribution in [0.2, 0.25) is 19.6 Å². The molecular formula is C14H31Cl2NSi2Ti-4. The molecule has 6 heteroatoms. The number of nitrogens with one attached hydrogen (secondary N) is 1. The number of rotatable bonds is 0. The molecule has 0 saturated heterocycles. The molecule has 0 aromatic rings. The molecule has 2 aliphatic rings.